The summed E-state index contributed by atoms with van der Waals surface area (Å²) in [5.74, 6) is -1.02. The van der Waals surface area contributed by atoms with Gasteiger partial charge in [0.2, 0.25) is 0 Å². The van der Waals surface area contributed by atoms with Crippen molar-refractivity contribution >= 4 is 12.0 Å². The highest BCUT2D eigenvalue weighted by molar-refractivity contribution is 5.86. The van der Waals surface area contributed by atoms with E-state index in [2.05, 4.69) is 17.2 Å². The van der Waals surface area contributed by atoms with Crippen LogP contribution in [0, 0.1) is 0 Å². The van der Waals surface area contributed by atoms with Crippen molar-refractivity contribution in [2.45, 2.75) is 39.2 Å². The van der Waals surface area contributed by atoms with E-state index in [9.17, 15) is 9.59 Å². The Morgan fingerprint density at radius 2 is 1.89 bits per heavy atom. The molecule has 0 heterocycles. The number of carboxylic acids is 1. The highest BCUT2D eigenvalue weighted by Crippen LogP contribution is 2.14. The zero-order valence-corrected chi connectivity index (χ0v) is 11.9. The van der Waals surface area contributed by atoms with Crippen molar-refractivity contribution in [2.75, 3.05) is 19.8 Å². The van der Waals surface area contributed by atoms with Crippen LogP contribution in [0.15, 0.2) is 12.2 Å². The van der Waals surface area contributed by atoms with Gasteiger partial charge in [0.1, 0.15) is 5.54 Å². The maximum atomic E-state index is 11.6. The van der Waals surface area contributed by atoms with E-state index in [-0.39, 0.29) is 0 Å². The maximum Gasteiger partial charge on any atom is 0.329 e. The molecule has 0 radical (unpaired) electrons. The summed E-state index contributed by atoms with van der Waals surface area (Å²) in [5, 5.41) is 14.2. The Morgan fingerprint density at radius 3 is 2.32 bits per heavy atom. The van der Waals surface area contributed by atoms with Crippen LogP contribution in [-0.4, -0.2) is 42.4 Å². The fourth-order valence-corrected chi connectivity index (χ4v) is 1.53. The summed E-state index contributed by atoms with van der Waals surface area (Å²) < 4.78 is 5.22. The van der Waals surface area contributed by atoms with Gasteiger partial charge in [-0.3, -0.25) is 0 Å². The average Bonchev–Trinajstić information content (AvgIpc) is 2.34. The molecular weight excluding hydrogens is 248 g/mol. The van der Waals surface area contributed by atoms with Crippen LogP contribution in [0.25, 0.3) is 0 Å². The van der Waals surface area contributed by atoms with Crippen molar-refractivity contribution < 1.29 is 19.4 Å². The highest BCUT2D eigenvalue weighted by Gasteiger charge is 2.36. The Morgan fingerprint density at radius 1 is 1.32 bits per heavy atom. The van der Waals surface area contributed by atoms with Crippen molar-refractivity contribution in [3.8, 4) is 0 Å². The third-order valence-electron chi connectivity index (χ3n) is 2.85. The molecule has 0 spiro atoms. The summed E-state index contributed by atoms with van der Waals surface area (Å²) in [6.07, 6.45) is 0.664. The van der Waals surface area contributed by atoms with Crippen LogP contribution in [0.1, 0.15) is 33.6 Å². The number of hydrogen-bond acceptors (Lipinski definition) is 3. The summed E-state index contributed by atoms with van der Waals surface area (Å²) in [7, 11) is 0. The quantitative estimate of drug-likeness (QED) is 0.438. The Kier molecular flexibility index (Phi) is 7.83. The Balaban J connectivity index is 4.08. The zero-order chi connectivity index (χ0) is 14.9. The lowest BCUT2D eigenvalue weighted by molar-refractivity contribution is -0.144. The zero-order valence-electron chi connectivity index (χ0n) is 11.9. The van der Waals surface area contributed by atoms with E-state index in [0.717, 1.165) is 5.57 Å². The molecule has 19 heavy (non-hydrogen) atoms. The first kappa shape index (κ1) is 17.4. The van der Waals surface area contributed by atoms with Gasteiger partial charge in [-0.2, -0.15) is 0 Å². The molecule has 0 unspecified atom stereocenters. The van der Waals surface area contributed by atoms with Gasteiger partial charge in [-0.25, -0.2) is 9.59 Å². The maximum absolute atomic E-state index is 11.6. The molecule has 0 aromatic carbocycles. The van der Waals surface area contributed by atoms with Gasteiger partial charge in [0.05, 0.1) is 13.2 Å². The van der Waals surface area contributed by atoms with Gasteiger partial charge in [0, 0.05) is 6.54 Å². The summed E-state index contributed by atoms with van der Waals surface area (Å²) in [6.45, 7) is 10.1. The van der Waals surface area contributed by atoms with Crippen molar-refractivity contribution in [1.29, 1.82) is 0 Å². The van der Waals surface area contributed by atoms with Gasteiger partial charge < -0.3 is 20.5 Å². The summed E-state index contributed by atoms with van der Waals surface area (Å²) >= 11 is 0. The molecule has 0 aliphatic heterocycles. The third kappa shape index (κ3) is 6.24. The number of nitrogens with one attached hydrogen (secondary N) is 2. The van der Waals surface area contributed by atoms with Crippen LogP contribution in [0.5, 0.6) is 0 Å². The second-order valence-corrected chi connectivity index (χ2v) is 4.48. The predicted molar refractivity (Wildman–Crippen MR) is 73.1 cm³/mol. The fourth-order valence-electron chi connectivity index (χ4n) is 1.53. The van der Waals surface area contributed by atoms with Crippen LogP contribution in [0.2, 0.25) is 0 Å². The number of urea groups is 1. The van der Waals surface area contributed by atoms with E-state index in [0.29, 0.717) is 32.6 Å². The minimum absolute atomic E-state index is 0.322. The number of aliphatic carboxylic acids is 1. The summed E-state index contributed by atoms with van der Waals surface area (Å²) in [4.78, 5) is 22.8. The number of rotatable bonds is 9. The first-order chi connectivity index (χ1) is 8.88. The van der Waals surface area contributed by atoms with Crippen molar-refractivity contribution in [2.24, 2.45) is 0 Å². The molecule has 0 saturated carbocycles. The van der Waals surface area contributed by atoms with Crippen LogP contribution < -0.4 is 10.6 Å². The number of hydrogen-bond donors (Lipinski definition) is 3. The molecule has 6 nitrogen and oxygen atoms in total. The molecule has 0 aromatic rings. The van der Waals surface area contributed by atoms with E-state index >= 15 is 0 Å². The molecule has 0 fully saturated rings. The standard InChI is InChI=1S/C13H24N2O4/c1-5-13(6-2,11(16)17)15-12(18)14-7-8-19-9-10(3)4/h3,5-9H2,1-2,4H3,(H,16,17)(H2,14,15,18). The van der Waals surface area contributed by atoms with Crippen LogP contribution in [0.4, 0.5) is 4.79 Å². The number of amides is 2. The molecule has 0 atom stereocenters. The van der Waals surface area contributed by atoms with E-state index in [4.69, 9.17) is 9.84 Å². The van der Waals surface area contributed by atoms with Crippen LogP contribution in [-0.2, 0) is 9.53 Å². The lowest BCUT2D eigenvalue weighted by Crippen LogP contribution is -2.56. The molecule has 0 aliphatic carbocycles. The molecule has 3 N–H and O–H groups in total. The fraction of sp³-hybridized carbons (Fsp3) is 0.692. The number of carbonyl (C=O) groups excluding carboxylic acids is 1. The Hall–Kier alpha value is -1.56. The van der Waals surface area contributed by atoms with Crippen LogP contribution in [0.3, 0.4) is 0 Å². The van der Waals surface area contributed by atoms with E-state index in [1.54, 1.807) is 13.8 Å². The molecule has 110 valence electrons. The number of carboxylic acid groups (broad SMARTS) is 1. The van der Waals surface area contributed by atoms with E-state index < -0.39 is 17.5 Å². The van der Waals surface area contributed by atoms with Crippen molar-refractivity contribution in [3.05, 3.63) is 12.2 Å². The minimum atomic E-state index is -1.21. The molecule has 6 heteroatoms. The lowest BCUT2D eigenvalue weighted by atomic mass is 9.93. The van der Waals surface area contributed by atoms with Gasteiger partial charge in [-0.15, -0.1) is 0 Å². The summed E-state index contributed by atoms with van der Waals surface area (Å²) in [6, 6.07) is -0.495. The lowest BCUT2D eigenvalue weighted by Gasteiger charge is -2.28. The summed E-state index contributed by atoms with van der Waals surface area (Å²) in [5.41, 5.74) is -0.297. The van der Waals surface area contributed by atoms with Gasteiger partial charge in [0.15, 0.2) is 0 Å². The number of ether oxygens (including phenoxy) is 1. The SMILES string of the molecule is C=C(C)COCCNC(=O)NC(CC)(CC)C(=O)O. The molecule has 0 bridgehead atoms. The highest BCUT2D eigenvalue weighted by atomic mass is 16.5. The molecule has 0 saturated heterocycles. The second-order valence-electron chi connectivity index (χ2n) is 4.48. The number of carbonyl (C=O) groups is 2. The average molecular weight is 272 g/mol. The van der Waals surface area contributed by atoms with Crippen LogP contribution >= 0.6 is 0 Å². The third-order valence-corrected chi connectivity index (χ3v) is 2.85. The predicted octanol–water partition coefficient (Wildman–Crippen LogP) is 1.52. The topological polar surface area (TPSA) is 87.7 Å². The minimum Gasteiger partial charge on any atom is -0.480 e. The first-order valence-corrected chi connectivity index (χ1v) is 6.39. The first-order valence-electron chi connectivity index (χ1n) is 6.39. The smallest absolute Gasteiger partial charge is 0.329 e. The Bertz CT molecular complexity index is 325. The molecule has 2 amide bonds. The molecule has 0 rings (SSSR count). The van der Waals surface area contributed by atoms with Gasteiger partial charge in [-0.05, 0) is 19.8 Å². The largest absolute Gasteiger partial charge is 0.480 e. The van der Waals surface area contributed by atoms with Crippen molar-refractivity contribution in [3.63, 3.8) is 0 Å². The van der Waals surface area contributed by atoms with Gasteiger partial charge in [0.25, 0.3) is 0 Å². The van der Waals surface area contributed by atoms with Gasteiger partial charge >= 0.3 is 12.0 Å². The molecular formula is C13H24N2O4. The second kappa shape index (κ2) is 8.53. The molecule has 0 aliphatic rings. The normalized spacial score (nSPS) is 10.9. The molecule has 0 aromatic heterocycles. The monoisotopic (exact) mass is 272 g/mol. The van der Waals surface area contributed by atoms with E-state index in [1.165, 1.54) is 0 Å². The van der Waals surface area contributed by atoms with Gasteiger partial charge in [-0.1, -0.05) is 26.0 Å². The Labute approximate surface area is 114 Å². The van der Waals surface area contributed by atoms with Crippen molar-refractivity contribution in [1.82, 2.24) is 10.6 Å². The van der Waals surface area contributed by atoms with E-state index in [1.807, 2.05) is 6.92 Å².